The first kappa shape index (κ1) is 15.2. The average Bonchev–Trinajstić information content (AvgIpc) is 2.37. The first-order valence-electron chi connectivity index (χ1n) is 6.63. The van der Waals surface area contributed by atoms with Gasteiger partial charge < -0.3 is 16.0 Å². The largest absolute Gasteiger partial charge is 0.373 e. The molecule has 0 bridgehead atoms. The van der Waals surface area contributed by atoms with Gasteiger partial charge in [0.15, 0.2) is 0 Å². The van der Waals surface area contributed by atoms with E-state index in [2.05, 4.69) is 32.8 Å². The Labute approximate surface area is 114 Å². The minimum absolute atomic E-state index is 0.0449. The third-order valence-electron chi connectivity index (χ3n) is 2.63. The van der Waals surface area contributed by atoms with E-state index in [1.807, 2.05) is 20.9 Å². The summed E-state index contributed by atoms with van der Waals surface area (Å²) in [7, 11) is 1.83. The van der Waals surface area contributed by atoms with Crippen molar-refractivity contribution in [1.82, 2.24) is 15.3 Å². The summed E-state index contributed by atoms with van der Waals surface area (Å²) in [4.78, 5) is 19.9. The molecule has 1 aromatic heterocycles. The lowest BCUT2D eigenvalue weighted by Crippen LogP contribution is -2.31. The van der Waals surface area contributed by atoms with Gasteiger partial charge in [0.25, 0.3) is 0 Å². The normalized spacial score (nSPS) is 10.4. The summed E-state index contributed by atoms with van der Waals surface area (Å²) in [6.07, 6.45) is 2.78. The highest BCUT2D eigenvalue weighted by atomic mass is 16.1. The summed E-state index contributed by atoms with van der Waals surface area (Å²) in [6.45, 7) is 6.51. The van der Waals surface area contributed by atoms with Crippen LogP contribution >= 0.6 is 0 Å². The number of nitrogens with one attached hydrogen (secondary N) is 3. The number of amides is 1. The van der Waals surface area contributed by atoms with Crippen LogP contribution in [0.5, 0.6) is 0 Å². The molecule has 0 aliphatic carbocycles. The molecule has 0 aliphatic heterocycles. The fourth-order valence-corrected chi connectivity index (χ4v) is 1.80. The standard InChI is InChI=1S/C13H23N5O/c1-5-10-12(14-4)16-8-17-13(10)15-7-6-11(19)18-9(2)3/h8-9H,5-7H2,1-4H3,(H,18,19)(H2,14,15,16,17). The zero-order chi connectivity index (χ0) is 14.3. The van der Waals surface area contributed by atoms with E-state index < -0.39 is 0 Å². The van der Waals surface area contributed by atoms with Gasteiger partial charge in [-0.15, -0.1) is 0 Å². The molecule has 0 fully saturated rings. The van der Waals surface area contributed by atoms with Crippen LogP contribution in [0.25, 0.3) is 0 Å². The average molecular weight is 265 g/mol. The summed E-state index contributed by atoms with van der Waals surface area (Å²) in [5.74, 6) is 1.66. The minimum Gasteiger partial charge on any atom is -0.373 e. The summed E-state index contributed by atoms with van der Waals surface area (Å²) in [5.41, 5.74) is 1.04. The van der Waals surface area contributed by atoms with Crippen LogP contribution in [0.3, 0.4) is 0 Å². The van der Waals surface area contributed by atoms with Crippen molar-refractivity contribution in [2.45, 2.75) is 39.7 Å². The van der Waals surface area contributed by atoms with Gasteiger partial charge in [-0.1, -0.05) is 6.92 Å². The summed E-state index contributed by atoms with van der Waals surface area (Å²) in [5, 5.41) is 9.09. The van der Waals surface area contributed by atoms with E-state index in [9.17, 15) is 4.79 Å². The van der Waals surface area contributed by atoms with E-state index >= 15 is 0 Å². The van der Waals surface area contributed by atoms with E-state index in [0.29, 0.717) is 13.0 Å². The number of aromatic nitrogens is 2. The molecule has 19 heavy (non-hydrogen) atoms. The Balaban J connectivity index is 2.56. The number of rotatable bonds is 7. The van der Waals surface area contributed by atoms with Gasteiger partial charge in [-0.05, 0) is 20.3 Å². The molecule has 0 unspecified atom stereocenters. The Bertz CT molecular complexity index is 419. The number of carbonyl (C=O) groups is 1. The molecule has 106 valence electrons. The molecule has 1 rings (SSSR count). The fraction of sp³-hybridized carbons (Fsp3) is 0.615. The predicted molar refractivity (Wildman–Crippen MR) is 77.3 cm³/mol. The number of nitrogens with zero attached hydrogens (tertiary/aromatic N) is 2. The molecule has 3 N–H and O–H groups in total. The molecule has 0 saturated carbocycles. The molecular weight excluding hydrogens is 242 g/mol. The summed E-state index contributed by atoms with van der Waals surface area (Å²) < 4.78 is 0. The molecule has 1 amide bonds. The van der Waals surface area contributed by atoms with Gasteiger partial charge in [-0.2, -0.15) is 0 Å². The van der Waals surface area contributed by atoms with E-state index in [4.69, 9.17) is 0 Å². The topological polar surface area (TPSA) is 78.9 Å². The van der Waals surface area contributed by atoms with Crippen molar-refractivity contribution in [2.75, 3.05) is 24.2 Å². The molecule has 0 atom stereocenters. The van der Waals surface area contributed by atoms with Crippen LogP contribution in [0, 0.1) is 0 Å². The van der Waals surface area contributed by atoms with Crippen molar-refractivity contribution in [3.05, 3.63) is 11.9 Å². The van der Waals surface area contributed by atoms with Gasteiger partial charge in [0, 0.05) is 31.6 Å². The van der Waals surface area contributed by atoms with Crippen molar-refractivity contribution in [3.63, 3.8) is 0 Å². The van der Waals surface area contributed by atoms with Crippen LogP contribution in [0.4, 0.5) is 11.6 Å². The SMILES string of the molecule is CCc1c(NC)ncnc1NCCC(=O)NC(C)C. The van der Waals surface area contributed by atoms with Crippen molar-refractivity contribution >= 4 is 17.5 Å². The third-order valence-corrected chi connectivity index (χ3v) is 2.63. The van der Waals surface area contributed by atoms with Gasteiger partial charge in [0.2, 0.25) is 5.91 Å². The predicted octanol–water partition coefficient (Wildman–Crippen LogP) is 1.41. The molecule has 6 nitrogen and oxygen atoms in total. The number of carbonyl (C=O) groups excluding carboxylic acids is 1. The van der Waals surface area contributed by atoms with Crippen LogP contribution in [0.15, 0.2) is 6.33 Å². The van der Waals surface area contributed by atoms with Crippen LogP contribution in [0.1, 0.15) is 32.8 Å². The van der Waals surface area contributed by atoms with Gasteiger partial charge in [0.1, 0.15) is 18.0 Å². The Kier molecular flexibility index (Phi) is 6.05. The van der Waals surface area contributed by atoms with Gasteiger partial charge >= 0.3 is 0 Å². The smallest absolute Gasteiger partial charge is 0.221 e. The Morgan fingerprint density at radius 1 is 1.32 bits per heavy atom. The van der Waals surface area contributed by atoms with E-state index in [1.165, 1.54) is 6.33 Å². The highest BCUT2D eigenvalue weighted by Crippen LogP contribution is 2.19. The quantitative estimate of drug-likeness (QED) is 0.694. The van der Waals surface area contributed by atoms with E-state index in [1.54, 1.807) is 0 Å². The molecule has 0 spiro atoms. The molecule has 0 aliphatic rings. The van der Waals surface area contributed by atoms with Crippen LogP contribution in [-0.2, 0) is 11.2 Å². The number of hydrogen-bond donors (Lipinski definition) is 3. The van der Waals surface area contributed by atoms with E-state index in [-0.39, 0.29) is 11.9 Å². The first-order valence-corrected chi connectivity index (χ1v) is 6.63. The molecule has 1 aromatic rings. The van der Waals surface area contributed by atoms with E-state index in [0.717, 1.165) is 23.6 Å². The second kappa shape index (κ2) is 7.56. The molecule has 0 radical (unpaired) electrons. The minimum atomic E-state index is 0.0449. The Morgan fingerprint density at radius 3 is 2.58 bits per heavy atom. The van der Waals surface area contributed by atoms with Crippen molar-refractivity contribution < 1.29 is 4.79 Å². The highest BCUT2D eigenvalue weighted by Gasteiger charge is 2.09. The first-order chi connectivity index (χ1) is 9.08. The fourth-order valence-electron chi connectivity index (χ4n) is 1.80. The summed E-state index contributed by atoms with van der Waals surface area (Å²) in [6, 6.07) is 0.175. The molecule has 1 heterocycles. The molecule has 6 heteroatoms. The second-order valence-electron chi connectivity index (χ2n) is 4.55. The van der Waals surface area contributed by atoms with Gasteiger partial charge in [-0.3, -0.25) is 4.79 Å². The maximum atomic E-state index is 11.5. The maximum Gasteiger partial charge on any atom is 0.221 e. The summed E-state index contributed by atoms with van der Waals surface area (Å²) >= 11 is 0. The maximum absolute atomic E-state index is 11.5. The van der Waals surface area contributed by atoms with Crippen molar-refractivity contribution in [3.8, 4) is 0 Å². The molecular formula is C13H23N5O. The second-order valence-corrected chi connectivity index (χ2v) is 4.55. The zero-order valence-electron chi connectivity index (χ0n) is 12.1. The lowest BCUT2D eigenvalue weighted by atomic mass is 10.2. The van der Waals surface area contributed by atoms with Crippen molar-refractivity contribution in [2.24, 2.45) is 0 Å². The molecule has 0 aromatic carbocycles. The van der Waals surface area contributed by atoms with Crippen LogP contribution in [0.2, 0.25) is 0 Å². The Hall–Kier alpha value is -1.85. The monoisotopic (exact) mass is 265 g/mol. The zero-order valence-corrected chi connectivity index (χ0v) is 12.1. The molecule has 0 saturated heterocycles. The van der Waals surface area contributed by atoms with Gasteiger partial charge in [0.05, 0.1) is 0 Å². The number of hydrogen-bond acceptors (Lipinski definition) is 5. The highest BCUT2D eigenvalue weighted by molar-refractivity contribution is 5.76. The van der Waals surface area contributed by atoms with Crippen LogP contribution in [-0.4, -0.2) is 35.5 Å². The van der Waals surface area contributed by atoms with Crippen LogP contribution < -0.4 is 16.0 Å². The lowest BCUT2D eigenvalue weighted by Gasteiger charge is -2.13. The van der Waals surface area contributed by atoms with Gasteiger partial charge in [-0.25, -0.2) is 9.97 Å². The Morgan fingerprint density at radius 2 is 2.00 bits per heavy atom. The third kappa shape index (κ3) is 4.73. The lowest BCUT2D eigenvalue weighted by molar-refractivity contribution is -0.121. The number of anilines is 2. The van der Waals surface area contributed by atoms with Crippen molar-refractivity contribution in [1.29, 1.82) is 0 Å².